The zero-order valence-electron chi connectivity index (χ0n) is 33.7. The summed E-state index contributed by atoms with van der Waals surface area (Å²) in [6.45, 7) is 15.1. The molecule has 7 rings (SSSR count). The Morgan fingerprint density at radius 1 is 0.745 bits per heavy atom. The summed E-state index contributed by atoms with van der Waals surface area (Å²) in [6.07, 6.45) is -5.26. The number of aliphatic hydroxyl groups excluding tert-OH is 7. The molecule has 20 atom stereocenters. The molecule has 0 radical (unpaired) electrons. The van der Waals surface area contributed by atoms with Crippen LogP contribution in [0.4, 0.5) is 0 Å². The van der Waals surface area contributed by atoms with Gasteiger partial charge in [0.1, 0.15) is 48.8 Å². The molecule has 2 heterocycles. The van der Waals surface area contributed by atoms with E-state index in [-0.39, 0.29) is 34.2 Å². The lowest BCUT2D eigenvalue weighted by atomic mass is 9.33. The molecule has 0 spiro atoms. The van der Waals surface area contributed by atoms with E-state index < -0.39 is 91.4 Å². The third-order valence-electron chi connectivity index (χ3n) is 17.6. The summed E-state index contributed by atoms with van der Waals surface area (Å²) in [4.78, 5) is 13.1. The minimum Gasteiger partial charge on any atom is -0.481 e. The molecule has 4 saturated carbocycles. The van der Waals surface area contributed by atoms with Gasteiger partial charge >= 0.3 is 5.97 Å². The minimum absolute atomic E-state index is 0.0252. The van der Waals surface area contributed by atoms with Crippen molar-refractivity contribution in [3.63, 3.8) is 0 Å². The summed E-state index contributed by atoms with van der Waals surface area (Å²) < 4.78 is 24.4. The number of ether oxygens (including phenoxy) is 4. The fourth-order valence-corrected chi connectivity index (χ4v) is 13.9. The number of fused-ring (bicyclic) bond motifs is 7. The van der Waals surface area contributed by atoms with Gasteiger partial charge in [0.25, 0.3) is 0 Å². The first-order valence-corrected chi connectivity index (χ1v) is 20.9. The van der Waals surface area contributed by atoms with Crippen molar-refractivity contribution >= 4 is 5.97 Å². The van der Waals surface area contributed by atoms with Crippen molar-refractivity contribution in [3.8, 4) is 0 Å². The average molecular weight is 781 g/mol. The first-order chi connectivity index (χ1) is 25.7. The molecule has 20 unspecified atom stereocenters. The fraction of sp³-hybridized carbons (Fsp3) is 0.929. The van der Waals surface area contributed by atoms with E-state index in [0.29, 0.717) is 30.6 Å². The second-order valence-corrected chi connectivity index (χ2v) is 20.1. The van der Waals surface area contributed by atoms with Crippen LogP contribution in [0.2, 0.25) is 0 Å². The van der Waals surface area contributed by atoms with Crippen LogP contribution in [0.5, 0.6) is 0 Å². The Labute approximate surface area is 325 Å². The Morgan fingerprint density at radius 2 is 1.38 bits per heavy atom. The van der Waals surface area contributed by atoms with Gasteiger partial charge in [-0.1, -0.05) is 60.1 Å². The predicted octanol–water partition coefficient (Wildman–Crippen LogP) is 2.74. The minimum atomic E-state index is -1.75. The molecule has 8 N–H and O–H groups in total. The zero-order valence-corrected chi connectivity index (χ0v) is 33.7. The third kappa shape index (κ3) is 6.06. The van der Waals surface area contributed by atoms with Crippen LogP contribution in [0.15, 0.2) is 11.6 Å². The Balaban J connectivity index is 1.15. The molecule has 6 fully saturated rings. The zero-order chi connectivity index (χ0) is 40.2. The van der Waals surface area contributed by atoms with Crippen molar-refractivity contribution in [2.24, 2.45) is 56.7 Å². The number of carbonyl (C=O) groups is 1. The maximum absolute atomic E-state index is 13.1. The molecule has 5 aliphatic carbocycles. The van der Waals surface area contributed by atoms with Crippen molar-refractivity contribution in [1.82, 2.24) is 0 Å². The number of rotatable bonds is 7. The van der Waals surface area contributed by atoms with E-state index >= 15 is 0 Å². The molecule has 0 aromatic rings. The van der Waals surface area contributed by atoms with Gasteiger partial charge in [0.15, 0.2) is 12.6 Å². The van der Waals surface area contributed by atoms with Crippen molar-refractivity contribution < 1.29 is 64.6 Å². The topological polar surface area (TPSA) is 216 Å². The van der Waals surface area contributed by atoms with Crippen LogP contribution >= 0.6 is 0 Å². The molecule has 0 aromatic heterocycles. The van der Waals surface area contributed by atoms with Gasteiger partial charge in [-0.05, 0) is 109 Å². The molecule has 13 nitrogen and oxygen atoms in total. The molecule has 314 valence electrons. The number of carboxylic acids is 1. The van der Waals surface area contributed by atoms with Gasteiger partial charge in [-0.15, -0.1) is 0 Å². The Kier molecular flexibility index (Phi) is 11.0. The second-order valence-electron chi connectivity index (χ2n) is 20.1. The van der Waals surface area contributed by atoms with Crippen LogP contribution in [0, 0.1) is 56.7 Å². The molecular formula is C42H68O13. The van der Waals surface area contributed by atoms with E-state index in [1.807, 2.05) is 0 Å². The number of allylic oxidation sites excluding steroid dienone is 2. The van der Waals surface area contributed by atoms with Gasteiger partial charge in [0.05, 0.1) is 24.7 Å². The molecule has 55 heavy (non-hydrogen) atoms. The van der Waals surface area contributed by atoms with E-state index in [9.17, 15) is 45.6 Å². The number of aliphatic hydroxyl groups is 7. The van der Waals surface area contributed by atoms with Crippen LogP contribution in [-0.2, 0) is 23.7 Å². The second kappa shape index (κ2) is 14.5. The monoisotopic (exact) mass is 780 g/mol. The Hall–Kier alpha value is -1.23. The SMILES string of the molecule is CC1CCC2(C(=O)O)CCC3(C)C(=CCC4C5(C)CCC(OC6OC(CO)C(O)C(O)C6OC6OC(CO)C(O)C(O)C6O)C(C)(C)C5CCC43C)C2C1C. The third-order valence-corrected chi connectivity index (χ3v) is 17.6. The highest BCUT2D eigenvalue weighted by atomic mass is 16.8. The predicted molar refractivity (Wildman–Crippen MR) is 198 cm³/mol. The smallest absolute Gasteiger partial charge is 0.310 e. The quantitative estimate of drug-likeness (QED) is 0.138. The van der Waals surface area contributed by atoms with E-state index in [1.54, 1.807) is 0 Å². The molecule has 0 amide bonds. The number of hydrogen-bond acceptors (Lipinski definition) is 12. The van der Waals surface area contributed by atoms with Gasteiger partial charge in [0.2, 0.25) is 0 Å². The van der Waals surface area contributed by atoms with Crippen molar-refractivity contribution in [3.05, 3.63) is 11.6 Å². The maximum Gasteiger partial charge on any atom is 0.310 e. The molecule has 7 aliphatic rings. The summed E-state index contributed by atoms with van der Waals surface area (Å²) in [5.41, 5.74) is 0.113. The van der Waals surface area contributed by atoms with E-state index in [4.69, 9.17) is 18.9 Å². The summed E-state index contributed by atoms with van der Waals surface area (Å²) in [5.74, 6) is 0.797. The maximum atomic E-state index is 13.1. The highest BCUT2D eigenvalue weighted by Crippen LogP contribution is 2.76. The summed E-state index contributed by atoms with van der Waals surface area (Å²) in [6, 6.07) is 0. The van der Waals surface area contributed by atoms with Gasteiger partial charge < -0.3 is 59.8 Å². The lowest BCUT2D eigenvalue weighted by Crippen LogP contribution is -2.67. The summed E-state index contributed by atoms with van der Waals surface area (Å²) in [5, 5.41) is 84.1. The Bertz CT molecular complexity index is 1470. The van der Waals surface area contributed by atoms with E-state index in [2.05, 4.69) is 54.5 Å². The lowest BCUT2D eigenvalue weighted by molar-refractivity contribution is -0.378. The number of carboxylic acid groups (broad SMARTS) is 1. The van der Waals surface area contributed by atoms with Crippen molar-refractivity contribution in [2.75, 3.05) is 13.2 Å². The Morgan fingerprint density at radius 3 is 2.02 bits per heavy atom. The van der Waals surface area contributed by atoms with Crippen LogP contribution < -0.4 is 0 Å². The van der Waals surface area contributed by atoms with Gasteiger partial charge in [-0.3, -0.25) is 4.79 Å². The summed E-state index contributed by atoms with van der Waals surface area (Å²) >= 11 is 0. The molecule has 13 heteroatoms. The molecule has 2 saturated heterocycles. The first-order valence-electron chi connectivity index (χ1n) is 20.9. The van der Waals surface area contributed by atoms with Gasteiger partial charge in [0, 0.05) is 0 Å². The first kappa shape index (κ1) is 41.9. The largest absolute Gasteiger partial charge is 0.481 e. The fourth-order valence-electron chi connectivity index (χ4n) is 13.9. The molecular weight excluding hydrogens is 712 g/mol. The molecule has 0 aromatic carbocycles. The van der Waals surface area contributed by atoms with Crippen molar-refractivity contribution in [1.29, 1.82) is 0 Å². The average Bonchev–Trinajstić information content (AvgIpc) is 3.13. The number of aliphatic carboxylic acids is 1. The highest BCUT2D eigenvalue weighted by Gasteiger charge is 2.70. The summed E-state index contributed by atoms with van der Waals surface area (Å²) in [7, 11) is 0. The van der Waals surface area contributed by atoms with E-state index in [0.717, 1.165) is 44.9 Å². The number of hydrogen-bond donors (Lipinski definition) is 8. The normalized spacial score (nSPS) is 54.9. The lowest BCUT2D eigenvalue weighted by Gasteiger charge is -2.71. The standard InChI is InChI=1S/C42H68O13/c1-20-10-15-42(37(50)51)17-16-40(6)22(28(42)21(20)2)8-9-26-39(5)13-12-27(38(3,4)25(39)11-14-41(26,40)7)54-36-34(32(48)30(46)24(19-44)53-36)55-35-33(49)31(47)29(45)23(18-43)52-35/h8,20-21,23-36,43-49H,9-19H2,1-7H3,(H,50,51). The molecule has 0 bridgehead atoms. The van der Waals surface area contributed by atoms with Crippen LogP contribution in [0.1, 0.15) is 106 Å². The highest BCUT2D eigenvalue weighted by molar-refractivity contribution is 5.76. The van der Waals surface area contributed by atoms with Gasteiger partial charge in [-0.2, -0.15) is 0 Å². The van der Waals surface area contributed by atoms with E-state index in [1.165, 1.54) is 5.57 Å². The van der Waals surface area contributed by atoms with Crippen LogP contribution in [0.25, 0.3) is 0 Å². The molecule has 2 aliphatic heterocycles. The van der Waals surface area contributed by atoms with Gasteiger partial charge in [-0.25, -0.2) is 0 Å². The van der Waals surface area contributed by atoms with Crippen LogP contribution in [0.3, 0.4) is 0 Å². The van der Waals surface area contributed by atoms with Crippen LogP contribution in [-0.4, -0.2) is 128 Å². The van der Waals surface area contributed by atoms with Crippen molar-refractivity contribution in [2.45, 2.75) is 174 Å².